The topological polar surface area (TPSA) is 82.1 Å². The number of halogens is 1. The van der Waals surface area contributed by atoms with E-state index in [1.165, 1.54) is 7.11 Å². The summed E-state index contributed by atoms with van der Waals surface area (Å²) in [6.07, 6.45) is 1.55. The summed E-state index contributed by atoms with van der Waals surface area (Å²) < 4.78 is 16.2. The SMILES string of the molecule is CCOC(=O)CN1C(=O)S/C(=C\c2cccc(OC)c2OCc2ccc(Cl)cc2)C1=O. The molecule has 9 heteroatoms. The van der Waals surface area contributed by atoms with Gasteiger partial charge in [0.15, 0.2) is 11.5 Å². The molecule has 7 nitrogen and oxygen atoms in total. The van der Waals surface area contributed by atoms with E-state index >= 15 is 0 Å². The Hall–Kier alpha value is -2.97. The number of methoxy groups -OCH3 is 1. The van der Waals surface area contributed by atoms with E-state index in [1.54, 1.807) is 43.3 Å². The Morgan fingerprint density at radius 1 is 1.16 bits per heavy atom. The van der Waals surface area contributed by atoms with Gasteiger partial charge in [-0.15, -0.1) is 0 Å². The standard InChI is InChI=1S/C22H20ClNO6S/c1-3-29-19(25)12-24-21(26)18(31-22(24)27)11-15-5-4-6-17(28-2)20(15)30-13-14-7-9-16(23)10-8-14/h4-11H,3,12-13H2,1-2H3/b18-11-. The number of imide groups is 1. The van der Waals surface area contributed by atoms with Crippen molar-refractivity contribution in [1.29, 1.82) is 0 Å². The van der Waals surface area contributed by atoms with Gasteiger partial charge in [-0.3, -0.25) is 19.3 Å². The molecule has 2 amide bonds. The molecule has 1 heterocycles. The van der Waals surface area contributed by atoms with Gasteiger partial charge in [0.25, 0.3) is 11.1 Å². The number of benzene rings is 2. The zero-order valence-corrected chi connectivity index (χ0v) is 18.5. The zero-order chi connectivity index (χ0) is 22.4. The molecular formula is C22H20ClNO6S. The maximum atomic E-state index is 12.7. The molecule has 2 aromatic rings. The summed E-state index contributed by atoms with van der Waals surface area (Å²) in [5.74, 6) is -0.292. The number of carbonyl (C=O) groups excluding carboxylic acids is 3. The second-order valence-corrected chi connectivity index (χ2v) is 7.80. The molecule has 0 N–H and O–H groups in total. The quantitative estimate of drug-likeness (QED) is 0.422. The third-order valence-corrected chi connectivity index (χ3v) is 5.44. The molecule has 0 spiro atoms. The van der Waals surface area contributed by atoms with Crippen molar-refractivity contribution in [3.63, 3.8) is 0 Å². The maximum Gasteiger partial charge on any atom is 0.326 e. The van der Waals surface area contributed by atoms with Crippen LogP contribution in [0.3, 0.4) is 0 Å². The minimum Gasteiger partial charge on any atom is -0.493 e. The average molecular weight is 462 g/mol. The Morgan fingerprint density at radius 2 is 1.90 bits per heavy atom. The number of para-hydroxylation sites is 1. The van der Waals surface area contributed by atoms with Crippen molar-refractivity contribution in [2.75, 3.05) is 20.3 Å². The van der Waals surface area contributed by atoms with Gasteiger partial charge < -0.3 is 14.2 Å². The van der Waals surface area contributed by atoms with Crippen LogP contribution >= 0.6 is 23.4 Å². The van der Waals surface area contributed by atoms with Crippen molar-refractivity contribution < 1.29 is 28.6 Å². The van der Waals surface area contributed by atoms with Crippen LogP contribution in [0.1, 0.15) is 18.1 Å². The number of thioether (sulfide) groups is 1. The number of hydrogen-bond acceptors (Lipinski definition) is 7. The average Bonchev–Trinajstić information content (AvgIpc) is 3.01. The van der Waals surface area contributed by atoms with Gasteiger partial charge in [-0.1, -0.05) is 35.9 Å². The maximum absolute atomic E-state index is 12.7. The fourth-order valence-corrected chi connectivity index (χ4v) is 3.77. The second kappa shape index (κ2) is 10.4. The fourth-order valence-electron chi connectivity index (χ4n) is 2.81. The van der Waals surface area contributed by atoms with Crippen molar-refractivity contribution in [1.82, 2.24) is 4.90 Å². The molecular weight excluding hydrogens is 442 g/mol. The molecule has 0 radical (unpaired) electrons. The molecule has 1 aliphatic heterocycles. The molecule has 31 heavy (non-hydrogen) atoms. The number of amides is 2. The van der Waals surface area contributed by atoms with E-state index in [9.17, 15) is 14.4 Å². The normalized spacial score (nSPS) is 14.8. The van der Waals surface area contributed by atoms with Crippen LogP contribution in [0.5, 0.6) is 11.5 Å². The van der Waals surface area contributed by atoms with Crippen LogP contribution in [-0.2, 0) is 20.9 Å². The zero-order valence-electron chi connectivity index (χ0n) is 16.9. The fraction of sp³-hybridized carbons (Fsp3) is 0.227. The highest BCUT2D eigenvalue weighted by molar-refractivity contribution is 8.18. The van der Waals surface area contributed by atoms with Gasteiger partial charge in [-0.25, -0.2) is 0 Å². The summed E-state index contributed by atoms with van der Waals surface area (Å²) in [4.78, 5) is 37.6. The highest BCUT2D eigenvalue weighted by Gasteiger charge is 2.36. The summed E-state index contributed by atoms with van der Waals surface area (Å²) in [6, 6.07) is 12.5. The summed E-state index contributed by atoms with van der Waals surface area (Å²) in [5, 5.41) is 0.0936. The van der Waals surface area contributed by atoms with Crippen LogP contribution in [0.2, 0.25) is 5.02 Å². The highest BCUT2D eigenvalue weighted by atomic mass is 35.5. The van der Waals surface area contributed by atoms with E-state index < -0.39 is 23.7 Å². The third-order valence-electron chi connectivity index (χ3n) is 4.28. The predicted molar refractivity (Wildman–Crippen MR) is 118 cm³/mol. The molecule has 0 aliphatic carbocycles. The van der Waals surface area contributed by atoms with Crippen molar-refractivity contribution in [2.24, 2.45) is 0 Å². The molecule has 0 atom stereocenters. The lowest BCUT2D eigenvalue weighted by molar-refractivity contribution is -0.145. The molecule has 0 unspecified atom stereocenters. The van der Waals surface area contributed by atoms with Gasteiger partial charge in [0, 0.05) is 10.6 Å². The van der Waals surface area contributed by atoms with E-state index in [0.29, 0.717) is 22.1 Å². The van der Waals surface area contributed by atoms with Gasteiger partial charge in [0.2, 0.25) is 0 Å². The second-order valence-electron chi connectivity index (χ2n) is 6.37. The van der Waals surface area contributed by atoms with E-state index in [-0.39, 0.29) is 18.1 Å². The van der Waals surface area contributed by atoms with E-state index in [0.717, 1.165) is 22.2 Å². The van der Waals surface area contributed by atoms with Crippen LogP contribution in [0.15, 0.2) is 47.4 Å². The van der Waals surface area contributed by atoms with Gasteiger partial charge in [-0.2, -0.15) is 0 Å². The molecule has 1 saturated heterocycles. The first-order valence-electron chi connectivity index (χ1n) is 9.38. The highest BCUT2D eigenvalue weighted by Crippen LogP contribution is 2.37. The van der Waals surface area contributed by atoms with Crippen molar-refractivity contribution in [3.05, 3.63) is 63.5 Å². The lowest BCUT2D eigenvalue weighted by Gasteiger charge is -2.14. The van der Waals surface area contributed by atoms with Crippen molar-refractivity contribution in [3.8, 4) is 11.5 Å². The number of esters is 1. The van der Waals surface area contributed by atoms with Crippen LogP contribution in [0.4, 0.5) is 4.79 Å². The molecule has 162 valence electrons. The number of rotatable bonds is 8. The lowest BCUT2D eigenvalue weighted by Crippen LogP contribution is -2.34. The Balaban J connectivity index is 1.84. The van der Waals surface area contributed by atoms with Crippen molar-refractivity contribution >= 4 is 46.6 Å². The molecule has 0 aromatic heterocycles. The van der Waals surface area contributed by atoms with Gasteiger partial charge in [0.1, 0.15) is 13.2 Å². The Labute approximate surface area is 188 Å². The number of hydrogen-bond donors (Lipinski definition) is 0. The van der Waals surface area contributed by atoms with Crippen molar-refractivity contribution in [2.45, 2.75) is 13.5 Å². The molecule has 1 fully saturated rings. The third kappa shape index (κ3) is 5.59. The number of carbonyl (C=O) groups is 3. The minimum atomic E-state index is -0.639. The summed E-state index contributed by atoms with van der Waals surface area (Å²) >= 11 is 6.67. The van der Waals surface area contributed by atoms with E-state index in [4.69, 9.17) is 25.8 Å². The number of ether oxygens (including phenoxy) is 3. The largest absolute Gasteiger partial charge is 0.493 e. The molecule has 0 saturated carbocycles. The minimum absolute atomic E-state index is 0.170. The van der Waals surface area contributed by atoms with Gasteiger partial charge in [-0.05, 0) is 48.5 Å². The Morgan fingerprint density at radius 3 is 2.58 bits per heavy atom. The molecule has 0 bridgehead atoms. The monoisotopic (exact) mass is 461 g/mol. The Bertz CT molecular complexity index is 1020. The smallest absolute Gasteiger partial charge is 0.326 e. The molecule has 3 rings (SSSR count). The van der Waals surface area contributed by atoms with Gasteiger partial charge >= 0.3 is 5.97 Å². The lowest BCUT2D eigenvalue weighted by atomic mass is 10.1. The predicted octanol–water partition coefficient (Wildman–Crippen LogP) is 4.53. The van der Waals surface area contributed by atoms with Gasteiger partial charge in [0.05, 0.1) is 18.6 Å². The van der Waals surface area contributed by atoms with Crippen LogP contribution in [0, 0.1) is 0 Å². The first kappa shape index (κ1) is 22.7. The van der Waals surface area contributed by atoms with E-state index in [2.05, 4.69) is 0 Å². The van der Waals surface area contributed by atoms with Crippen LogP contribution in [-0.4, -0.2) is 42.3 Å². The first-order chi connectivity index (χ1) is 14.9. The summed E-state index contributed by atoms with van der Waals surface area (Å²) in [6.45, 7) is 1.65. The Kier molecular flexibility index (Phi) is 7.59. The van der Waals surface area contributed by atoms with E-state index in [1.807, 2.05) is 12.1 Å². The van der Waals surface area contributed by atoms with Crippen LogP contribution in [0.25, 0.3) is 6.08 Å². The first-order valence-corrected chi connectivity index (χ1v) is 10.6. The number of nitrogens with zero attached hydrogens (tertiary/aromatic N) is 1. The molecule has 1 aliphatic rings. The van der Waals surface area contributed by atoms with Crippen LogP contribution < -0.4 is 9.47 Å². The molecule has 2 aromatic carbocycles. The summed E-state index contributed by atoms with van der Waals surface area (Å²) in [7, 11) is 1.52. The summed E-state index contributed by atoms with van der Waals surface area (Å²) in [5.41, 5.74) is 1.46.